The van der Waals surface area contributed by atoms with Crippen LogP contribution in [0.4, 0.5) is 5.69 Å². The van der Waals surface area contributed by atoms with Crippen molar-refractivity contribution >= 4 is 21.6 Å². The van der Waals surface area contributed by atoms with Gasteiger partial charge in [0, 0.05) is 16.7 Å². The number of hydrogen-bond acceptors (Lipinski definition) is 2. The molecule has 0 aliphatic rings. The largest absolute Gasteiger partial charge is 0.494 e. The highest BCUT2D eigenvalue weighted by atomic mass is 79.9. The molecule has 0 saturated heterocycles. The Balaban J connectivity index is 1.68. The predicted molar refractivity (Wildman–Crippen MR) is 83.9 cm³/mol. The zero-order valence-corrected chi connectivity index (χ0v) is 12.6. The van der Waals surface area contributed by atoms with Crippen LogP contribution in [0.15, 0.2) is 53.0 Å². The van der Waals surface area contributed by atoms with Crippen LogP contribution in [0.3, 0.4) is 0 Å². The molecule has 0 unspecified atom stereocenters. The summed E-state index contributed by atoms with van der Waals surface area (Å²) in [6.07, 6.45) is 0.976. The lowest BCUT2D eigenvalue weighted by Gasteiger charge is -2.09. The second-order valence-electron chi connectivity index (χ2n) is 4.41. The van der Waals surface area contributed by atoms with Gasteiger partial charge in [-0.05, 0) is 49.2 Å². The van der Waals surface area contributed by atoms with Gasteiger partial charge in [0.05, 0.1) is 6.61 Å². The van der Waals surface area contributed by atoms with E-state index in [-0.39, 0.29) is 0 Å². The summed E-state index contributed by atoms with van der Waals surface area (Å²) in [5.41, 5.74) is 2.39. The van der Waals surface area contributed by atoms with Crippen LogP contribution in [0.25, 0.3) is 0 Å². The Kier molecular flexibility index (Phi) is 5.28. The minimum atomic E-state index is 0.729. The summed E-state index contributed by atoms with van der Waals surface area (Å²) in [5, 5.41) is 3.40. The number of hydrogen-bond donors (Lipinski definition) is 1. The molecule has 0 heterocycles. The van der Waals surface area contributed by atoms with Crippen molar-refractivity contribution in [1.29, 1.82) is 0 Å². The van der Waals surface area contributed by atoms with Crippen molar-refractivity contribution < 1.29 is 4.74 Å². The minimum Gasteiger partial charge on any atom is -0.494 e. The van der Waals surface area contributed by atoms with Crippen molar-refractivity contribution in [2.45, 2.75) is 13.3 Å². The maximum atomic E-state index is 5.64. The van der Waals surface area contributed by atoms with Gasteiger partial charge in [-0.2, -0.15) is 0 Å². The second kappa shape index (κ2) is 7.19. The van der Waals surface area contributed by atoms with E-state index in [9.17, 15) is 0 Å². The third-order valence-electron chi connectivity index (χ3n) is 2.82. The number of anilines is 1. The summed E-state index contributed by atoms with van der Waals surface area (Å²) in [7, 11) is 0. The van der Waals surface area contributed by atoms with E-state index < -0.39 is 0 Å². The Morgan fingerprint density at radius 3 is 2.63 bits per heavy atom. The van der Waals surface area contributed by atoms with E-state index in [1.54, 1.807) is 0 Å². The molecule has 100 valence electrons. The summed E-state index contributed by atoms with van der Waals surface area (Å²) in [6, 6.07) is 16.2. The van der Waals surface area contributed by atoms with Crippen LogP contribution in [0.5, 0.6) is 5.75 Å². The van der Waals surface area contributed by atoms with Gasteiger partial charge in [0.2, 0.25) is 0 Å². The van der Waals surface area contributed by atoms with Crippen molar-refractivity contribution in [2.24, 2.45) is 0 Å². The Hall–Kier alpha value is -1.48. The Morgan fingerprint density at radius 2 is 1.89 bits per heavy atom. The molecule has 2 aromatic carbocycles. The van der Waals surface area contributed by atoms with Crippen LogP contribution < -0.4 is 10.1 Å². The lowest BCUT2D eigenvalue weighted by Crippen LogP contribution is -2.07. The first-order valence-corrected chi connectivity index (χ1v) is 7.23. The summed E-state index contributed by atoms with van der Waals surface area (Å²) >= 11 is 3.50. The number of para-hydroxylation sites is 1. The van der Waals surface area contributed by atoms with E-state index in [4.69, 9.17) is 4.74 Å². The Labute approximate surface area is 122 Å². The highest BCUT2D eigenvalue weighted by Gasteiger charge is 1.97. The molecule has 19 heavy (non-hydrogen) atoms. The standard InChI is InChI=1S/C16H18BrNO/c1-13-12-14(8-9-16(13)17)18-10-5-11-19-15-6-3-2-4-7-15/h2-4,6-9,12,18H,5,10-11H2,1H3. The maximum absolute atomic E-state index is 5.64. The third kappa shape index (κ3) is 4.60. The molecule has 0 amide bonds. The van der Waals surface area contributed by atoms with Gasteiger partial charge in [-0.1, -0.05) is 34.1 Å². The first-order chi connectivity index (χ1) is 9.25. The highest BCUT2D eigenvalue weighted by molar-refractivity contribution is 9.10. The summed E-state index contributed by atoms with van der Waals surface area (Å²) in [4.78, 5) is 0. The average molecular weight is 320 g/mol. The van der Waals surface area contributed by atoms with Gasteiger partial charge in [0.25, 0.3) is 0 Å². The van der Waals surface area contributed by atoms with Crippen LogP contribution in [0.2, 0.25) is 0 Å². The molecule has 0 spiro atoms. The van der Waals surface area contributed by atoms with Crippen molar-refractivity contribution in [3.05, 3.63) is 58.6 Å². The van der Waals surface area contributed by atoms with Gasteiger partial charge in [0.15, 0.2) is 0 Å². The van der Waals surface area contributed by atoms with Crippen LogP contribution in [-0.4, -0.2) is 13.2 Å². The molecule has 0 aromatic heterocycles. The zero-order chi connectivity index (χ0) is 13.5. The number of rotatable bonds is 6. The van der Waals surface area contributed by atoms with Crippen molar-refractivity contribution in [3.8, 4) is 5.75 Å². The van der Waals surface area contributed by atoms with E-state index in [1.165, 1.54) is 5.56 Å². The Bertz CT molecular complexity index is 513. The van der Waals surface area contributed by atoms with Crippen molar-refractivity contribution in [2.75, 3.05) is 18.5 Å². The van der Waals surface area contributed by atoms with Crippen molar-refractivity contribution in [1.82, 2.24) is 0 Å². The molecule has 2 rings (SSSR count). The molecule has 3 heteroatoms. The van der Waals surface area contributed by atoms with Gasteiger partial charge >= 0.3 is 0 Å². The molecule has 1 N–H and O–H groups in total. The fraction of sp³-hybridized carbons (Fsp3) is 0.250. The third-order valence-corrected chi connectivity index (χ3v) is 3.71. The van der Waals surface area contributed by atoms with Gasteiger partial charge in [0.1, 0.15) is 5.75 Å². The summed E-state index contributed by atoms with van der Waals surface area (Å²) in [5.74, 6) is 0.932. The van der Waals surface area contributed by atoms with Crippen molar-refractivity contribution in [3.63, 3.8) is 0 Å². The molecular formula is C16H18BrNO. The topological polar surface area (TPSA) is 21.3 Å². The first kappa shape index (κ1) is 13.9. The first-order valence-electron chi connectivity index (χ1n) is 6.43. The molecule has 2 nitrogen and oxygen atoms in total. The molecule has 0 atom stereocenters. The van der Waals surface area contributed by atoms with Gasteiger partial charge in [-0.3, -0.25) is 0 Å². The smallest absolute Gasteiger partial charge is 0.119 e. The van der Waals surface area contributed by atoms with E-state index in [0.717, 1.165) is 35.5 Å². The number of nitrogens with one attached hydrogen (secondary N) is 1. The number of ether oxygens (including phenoxy) is 1. The number of benzene rings is 2. The summed E-state index contributed by atoms with van der Waals surface area (Å²) in [6.45, 7) is 3.73. The Morgan fingerprint density at radius 1 is 1.11 bits per heavy atom. The SMILES string of the molecule is Cc1cc(NCCCOc2ccccc2)ccc1Br. The summed E-state index contributed by atoms with van der Waals surface area (Å²) < 4.78 is 6.78. The molecule has 0 aliphatic heterocycles. The predicted octanol–water partition coefficient (Wildman–Crippen LogP) is 4.64. The molecule has 0 radical (unpaired) electrons. The molecule has 2 aromatic rings. The lowest BCUT2D eigenvalue weighted by molar-refractivity contribution is 0.315. The van der Waals surface area contributed by atoms with E-state index in [0.29, 0.717) is 0 Å². The van der Waals surface area contributed by atoms with E-state index in [1.807, 2.05) is 30.3 Å². The number of aryl methyl sites for hydroxylation is 1. The highest BCUT2D eigenvalue weighted by Crippen LogP contribution is 2.19. The molecule has 0 fully saturated rings. The van der Waals surface area contributed by atoms with Crippen LogP contribution in [0.1, 0.15) is 12.0 Å². The number of halogens is 1. The van der Waals surface area contributed by atoms with Gasteiger partial charge in [-0.25, -0.2) is 0 Å². The zero-order valence-electron chi connectivity index (χ0n) is 11.0. The van der Waals surface area contributed by atoms with E-state index in [2.05, 4.69) is 46.4 Å². The molecule has 0 aliphatic carbocycles. The maximum Gasteiger partial charge on any atom is 0.119 e. The van der Waals surface area contributed by atoms with Gasteiger partial charge in [-0.15, -0.1) is 0 Å². The minimum absolute atomic E-state index is 0.729. The fourth-order valence-electron chi connectivity index (χ4n) is 1.77. The lowest BCUT2D eigenvalue weighted by atomic mass is 10.2. The molecular weight excluding hydrogens is 302 g/mol. The molecule has 0 saturated carbocycles. The van der Waals surface area contributed by atoms with Gasteiger partial charge < -0.3 is 10.1 Å². The second-order valence-corrected chi connectivity index (χ2v) is 5.26. The molecule has 0 bridgehead atoms. The monoisotopic (exact) mass is 319 g/mol. The van der Waals surface area contributed by atoms with Crippen LogP contribution >= 0.6 is 15.9 Å². The normalized spacial score (nSPS) is 10.2. The average Bonchev–Trinajstić information content (AvgIpc) is 2.43. The van der Waals surface area contributed by atoms with Crippen LogP contribution in [-0.2, 0) is 0 Å². The fourth-order valence-corrected chi connectivity index (χ4v) is 2.01. The van der Waals surface area contributed by atoms with Crippen LogP contribution in [0, 0.1) is 6.92 Å². The quantitative estimate of drug-likeness (QED) is 0.783. The van der Waals surface area contributed by atoms with E-state index >= 15 is 0 Å².